The van der Waals surface area contributed by atoms with Gasteiger partial charge in [0, 0.05) is 32.6 Å². The van der Waals surface area contributed by atoms with Crippen LogP contribution in [-0.2, 0) is 9.59 Å². The molecule has 98 valence electrons. The number of carbonyl (C=O) groups excluding carboxylic acids is 2. The first-order chi connectivity index (χ1) is 8.09. The lowest BCUT2D eigenvalue weighted by molar-refractivity contribution is -0.133. The Labute approximate surface area is 103 Å². The molecule has 2 amide bonds. The van der Waals surface area contributed by atoms with E-state index >= 15 is 0 Å². The highest BCUT2D eigenvalue weighted by Gasteiger charge is 2.16. The highest BCUT2D eigenvalue weighted by molar-refractivity contribution is 5.84. The summed E-state index contributed by atoms with van der Waals surface area (Å²) < 4.78 is 0. The van der Waals surface area contributed by atoms with E-state index in [4.69, 9.17) is 0 Å². The fourth-order valence-corrected chi connectivity index (χ4v) is 1.71. The van der Waals surface area contributed by atoms with Gasteiger partial charge in [0.05, 0.1) is 6.54 Å². The zero-order chi connectivity index (χ0) is 12.7. The number of hydrogen-bond donors (Lipinski definition) is 2. The quantitative estimate of drug-likeness (QED) is 0.710. The maximum Gasteiger partial charge on any atom is 0.242 e. The van der Waals surface area contributed by atoms with E-state index in [1.807, 2.05) is 0 Å². The Morgan fingerprint density at radius 1 is 1.29 bits per heavy atom. The Kier molecular flexibility index (Phi) is 5.97. The molecule has 0 atom stereocenters. The van der Waals surface area contributed by atoms with Gasteiger partial charge < -0.3 is 15.5 Å². The molecule has 1 aliphatic heterocycles. The van der Waals surface area contributed by atoms with Gasteiger partial charge in [-0.1, -0.05) is 13.8 Å². The SMILES string of the molecule is CC(C)CCC(=O)NCC(=O)N1CCNCC1. The Hall–Kier alpha value is -1.10. The van der Waals surface area contributed by atoms with E-state index in [1.54, 1.807) is 4.90 Å². The highest BCUT2D eigenvalue weighted by Crippen LogP contribution is 2.02. The van der Waals surface area contributed by atoms with Crippen LogP contribution in [0.25, 0.3) is 0 Å². The lowest BCUT2D eigenvalue weighted by Crippen LogP contribution is -2.49. The molecule has 0 unspecified atom stereocenters. The first kappa shape index (κ1) is 14.0. The molecule has 1 fully saturated rings. The van der Waals surface area contributed by atoms with E-state index in [0.29, 0.717) is 12.3 Å². The molecule has 0 bridgehead atoms. The molecule has 0 spiro atoms. The van der Waals surface area contributed by atoms with Crippen LogP contribution in [0.3, 0.4) is 0 Å². The first-order valence-corrected chi connectivity index (χ1v) is 6.35. The molecule has 0 aromatic carbocycles. The summed E-state index contributed by atoms with van der Waals surface area (Å²) in [6.07, 6.45) is 1.38. The Bertz CT molecular complexity index is 260. The molecular formula is C12H23N3O2. The van der Waals surface area contributed by atoms with E-state index in [9.17, 15) is 9.59 Å². The highest BCUT2D eigenvalue weighted by atomic mass is 16.2. The fourth-order valence-electron chi connectivity index (χ4n) is 1.71. The van der Waals surface area contributed by atoms with Gasteiger partial charge in [0.2, 0.25) is 11.8 Å². The van der Waals surface area contributed by atoms with Crippen molar-refractivity contribution in [3.05, 3.63) is 0 Å². The van der Waals surface area contributed by atoms with E-state index in [-0.39, 0.29) is 18.4 Å². The van der Waals surface area contributed by atoms with Crippen molar-refractivity contribution in [1.82, 2.24) is 15.5 Å². The van der Waals surface area contributed by atoms with Gasteiger partial charge in [0.15, 0.2) is 0 Å². The monoisotopic (exact) mass is 241 g/mol. The van der Waals surface area contributed by atoms with Crippen LogP contribution in [0, 0.1) is 5.92 Å². The van der Waals surface area contributed by atoms with Crippen LogP contribution >= 0.6 is 0 Å². The molecular weight excluding hydrogens is 218 g/mol. The first-order valence-electron chi connectivity index (χ1n) is 6.35. The number of nitrogens with one attached hydrogen (secondary N) is 2. The van der Waals surface area contributed by atoms with Crippen molar-refractivity contribution in [2.45, 2.75) is 26.7 Å². The molecule has 0 saturated carbocycles. The van der Waals surface area contributed by atoms with Crippen molar-refractivity contribution < 1.29 is 9.59 Å². The lowest BCUT2D eigenvalue weighted by atomic mass is 10.1. The van der Waals surface area contributed by atoms with Crippen molar-refractivity contribution >= 4 is 11.8 Å². The second kappa shape index (κ2) is 7.27. The van der Waals surface area contributed by atoms with Crippen LogP contribution in [0.4, 0.5) is 0 Å². The van der Waals surface area contributed by atoms with Crippen molar-refractivity contribution in [3.8, 4) is 0 Å². The summed E-state index contributed by atoms with van der Waals surface area (Å²) >= 11 is 0. The molecule has 17 heavy (non-hydrogen) atoms. The third-order valence-corrected chi connectivity index (χ3v) is 2.86. The molecule has 0 aliphatic carbocycles. The number of hydrogen-bond acceptors (Lipinski definition) is 3. The fraction of sp³-hybridized carbons (Fsp3) is 0.833. The van der Waals surface area contributed by atoms with Crippen molar-refractivity contribution in [2.75, 3.05) is 32.7 Å². The summed E-state index contributed by atoms with van der Waals surface area (Å²) in [4.78, 5) is 25.0. The second-order valence-electron chi connectivity index (χ2n) is 4.84. The van der Waals surface area contributed by atoms with Crippen molar-refractivity contribution in [3.63, 3.8) is 0 Å². The summed E-state index contributed by atoms with van der Waals surface area (Å²) in [6.45, 7) is 7.46. The van der Waals surface area contributed by atoms with Gasteiger partial charge in [-0.2, -0.15) is 0 Å². The maximum atomic E-state index is 11.7. The summed E-state index contributed by atoms with van der Waals surface area (Å²) in [5.74, 6) is 0.510. The molecule has 1 saturated heterocycles. The van der Waals surface area contributed by atoms with Crippen molar-refractivity contribution in [2.24, 2.45) is 5.92 Å². The summed E-state index contributed by atoms with van der Waals surface area (Å²) in [6, 6.07) is 0. The third kappa shape index (κ3) is 5.68. The standard InChI is InChI=1S/C12H23N3O2/c1-10(2)3-4-11(16)14-9-12(17)15-7-5-13-6-8-15/h10,13H,3-9H2,1-2H3,(H,14,16). The van der Waals surface area contributed by atoms with Gasteiger partial charge >= 0.3 is 0 Å². The summed E-state index contributed by atoms with van der Waals surface area (Å²) in [5.41, 5.74) is 0. The topological polar surface area (TPSA) is 61.4 Å². The average molecular weight is 241 g/mol. The van der Waals surface area contributed by atoms with E-state index in [0.717, 1.165) is 32.6 Å². The van der Waals surface area contributed by atoms with Gasteiger partial charge in [-0.15, -0.1) is 0 Å². The lowest BCUT2D eigenvalue weighted by Gasteiger charge is -2.27. The molecule has 5 nitrogen and oxygen atoms in total. The second-order valence-corrected chi connectivity index (χ2v) is 4.84. The van der Waals surface area contributed by atoms with Crippen molar-refractivity contribution in [1.29, 1.82) is 0 Å². The Balaban J connectivity index is 2.16. The molecule has 1 rings (SSSR count). The molecule has 0 radical (unpaired) electrons. The Morgan fingerprint density at radius 2 is 1.94 bits per heavy atom. The number of amides is 2. The predicted molar refractivity (Wildman–Crippen MR) is 66.5 cm³/mol. The van der Waals surface area contributed by atoms with Gasteiger partial charge in [-0.3, -0.25) is 9.59 Å². The van der Waals surface area contributed by atoms with Crippen LogP contribution in [0.5, 0.6) is 0 Å². The number of piperazine rings is 1. The van der Waals surface area contributed by atoms with Gasteiger partial charge in [-0.05, 0) is 12.3 Å². The molecule has 0 aromatic rings. The number of carbonyl (C=O) groups is 2. The zero-order valence-corrected chi connectivity index (χ0v) is 10.8. The van der Waals surface area contributed by atoms with Gasteiger partial charge in [-0.25, -0.2) is 0 Å². The Morgan fingerprint density at radius 3 is 2.53 bits per heavy atom. The molecule has 0 aromatic heterocycles. The van der Waals surface area contributed by atoms with Gasteiger partial charge in [0.25, 0.3) is 0 Å². The largest absolute Gasteiger partial charge is 0.347 e. The minimum Gasteiger partial charge on any atom is -0.347 e. The summed E-state index contributed by atoms with van der Waals surface area (Å²) in [5, 5.41) is 5.87. The smallest absolute Gasteiger partial charge is 0.242 e. The summed E-state index contributed by atoms with van der Waals surface area (Å²) in [7, 11) is 0. The van der Waals surface area contributed by atoms with E-state index in [2.05, 4.69) is 24.5 Å². The minimum absolute atomic E-state index is 0.0180. The van der Waals surface area contributed by atoms with Crippen LogP contribution in [0.1, 0.15) is 26.7 Å². The number of rotatable bonds is 5. The van der Waals surface area contributed by atoms with Crippen LogP contribution in [0.15, 0.2) is 0 Å². The third-order valence-electron chi connectivity index (χ3n) is 2.86. The maximum absolute atomic E-state index is 11.7. The average Bonchev–Trinajstić information content (AvgIpc) is 2.34. The molecule has 1 heterocycles. The normalized spacial score (nSPS) is 16.1. The van der Waals surface area contributed by atoms with Crippen LogP contribution in [-0.4, -0.2) is 49.4 Å². The van der Waals surface area contributed by atoms with E-state index in [1.165, 1.54) is 0 Å². The zero-order valence-electron chi connectivity index (χ0n) is 10.8. The van der Waals surface area contributed by atoms with Crippen LogP contribution < -0.4 is 10.6 Å². The van der Waals surface area contributed by atoms with Gasteiger partial charge in [0.1, 0.15) is 0 Å². The molecule has 1 aliphatic rings. The van der Waals surface area contributed by atoms with Crippen LogP contribution in [0.2, 0.25) is 0 Å². The predicted octanol–water partition coefficient (Wildman–Crippen LogP) is -0.0294. The van der Waals surface area contributed by atoms with E-state index < -0.39 is 0 Å². The number of nitrogens with zero attached hydrogens (tertiary/aromatic N) is 1. The molecule has 2 N–H and O–H groups in total. The minimum atomic E-state index is -0.0258. The molecule has 5 heteroatoms.